The lowest BCUT2D eigenvalue weighted by molar-refractivity contribution is 0.598. The van der Waals surface area contributed by atoms with Crippen LogP contribution in [0.2, 0.25) is 0 Å². The molecule has 0 aliphatic carbocycles. The number of benzene rings is 2. The smallest absolute Gasteiger partial charge is 0.131 e. The third-order valence-corrected chi connectivity index (χ3v) is 6.95. The average Bonchev–Trinajstić information content (AvgIpc) is 2.56. The van der Waals surface area contributed by atoms with Crippen LogP contribution in [-0.4, -0.2) is 0 Å². The first-order chi connectivity index (χ1) is 11.5. The lowest BCUT2D eigenvalue weighted by atomic mass is 10.1. The minimum Gasteiger partial charge on any atom is -0.317 e. The number of rotatable bonds is 8. The van der Waals surface area contributed by atoms with Gasteiger partial charge < -0.3 is 4.57 Å². The Bertz CT molecular complexity index is 653. The van der Waals surface area contributed by atoms with Crippen LogP contribution in [0.5, 0.6) is 0 Å². The standard InChI is InChI=1S/C20H25I2OP/c1-3-5-7-15-9-17(21)13-19(11-15)24(23)20-12-16(8-6-4-2)10-18(22)14-20/h9-14,24H,3-8H2,1-2H3. The molecule has 0 heterocycles. The predicted molar refractivity (Wildman–Crippen MR) is 124 cm³/mol. The Hall–Kier alpha value is 0.130. The van der Waals surface area contributed by atoms with Crippen LogP contribution in [0.25, 0.3) is 0 Å². The molecule has 2 aromatic rings. The maximum absolute atomic E-state index is 13.2. The molecule has 0 aromatic heterocycles. The van der Waals surface area contributed by atoms with Gasteiger partial charge >= 0.3 is 0 Å². The van der Waals surface area contributed by atoms with Crippen LogP contribution in [0.15, 0.2) is 36.4 Å². The Kier molecular flexibility index (Phi) is 8.79. The molecule has 0 bridgehead atoms. The monoisotopic (exact) mass is 566 g/mol. The topological polar surface area (TPSA) is 17.1 Å². The van der Waals surface area contributed by atoms with E-state index in [4.69, 9.17) is 0 Å². The molecule has 4 heteroatoms. The molecule has 0 aliphatic heterocycles. The largest absolute Gasteiger partial charge is 0.317 e. The molecule has 0 aliphatic rings. The molecule has 24 heavy (non-hydrogen) atoms. The molecule has 1 nitrogen and oxygen atoms in total. The molecule has 0 spiro atoms. The van der Waals surface area contributed by atoms with Crippen molar-refractivity contribution in [2.45, 2.75) is 52.4 Å². The van der Waals surface area contributed by atoms with Crippen molar-refractivity contribution < 1.29 is 4.57 Å². The summed E-state index contributed by atoms with van der Waals surface area (Å²) >= 11 is 4.69. The van der Waals surface area contributed by atoms with Gasteiger partial charge in [-0.3, -0.25) is 0 Å². The molecule has 0 fully saturated rings. The molecule has 130 valence electrons. The van der Waals surface area contributed by atoms with E-state index in [0.29, 0.717) is 0 Å². The van der Waals surface area contributed by atoms with Crippen molar-refractivity contribution in [2.24, 2.45) is 0 Å². The van der Waals surface area contributed by atoms with Crippen molar-refractivity contribution in [3.05, 3.63) is 54.7 Å². The van der Waals surface area contributed by atoms with Gasteiger partial charge in [0.25, 0.3) is 0 Å². The van der Waals surface area contributed by atoms with E-state index in [2.05, 4.69) is 95.4 Å². The molecular weight excluding hydrogens is 541 g/mol. The van der Waals surface area contributed by atoms with Gasteiger partial charge in [-0.05, 0) is 118 Å². The number of hydrogen-bond donors (Lipinski definition) is 0. The summed E-state index contributed by atoms with van der Waals surface area (Å²) in [5, 5.41) is 2.00. The van der Waals surface area contributed by atoms with Crippen LogP contribution in [0.1, 0.15) is 50.7 Å². The minimum atomic E-state index is -1.94. The maximum atomic E-state index is 13.2. The summed E-state index contributed by atoms with van der Waals surface area (Å²) in [6.45, 7) is 4.42. The zero-order chi connectivity index (χ0) is 17.5. The van der Waals surface area contributed by atoms with E-state index in [1.807, 2.05) is 0 Å². The van der Waals surface area contributed by atoms with Gasteiger partial charge in [-0.2, -0.15) is 0 Å². The predicted octanol–water partition coefficient (Wildman–Crippen LogP) is 6.09. The number of halogens is 2. The lowest BCUT2D eigenvalue weighted by Crippen LogP contribution is -2.10. The van der Waals surface area contributed by atoms with E-state index < -0.39 is 7.80 Å². The Morgan fingerprint density at radius 1 is 0.750 bits per heavy atom. The first-order valence-electron chi connectivity index (χ1n) is 8.67. The molecule has 0 N–H and O–H groups in total. The molecule has 2 rings (SSSR count). The van der Waals surface area contributed by atoms with Gasteiger partial charge in [-0.1, -0.05) is 26.7 Å². The summed E-state index contributed by atoms with van der Waals surface area (Å²) in [7, 11) is -1.94. The van der Waals surface area contributed by atoms with E-state index in [1.165, 1.54) is 44.0 Å². The number of hydrogen-bond acceptors (Lipinski definition) is 1. The highest BCUT2D eigenvalue weighted by Crippen LogP contribution is 2.25. The molecule has 0 radical (unpaired) electrons. The molecule has 0 unspecified atom stereocenters. The Morgan fingerprint density at radius 3 is 1.54 bits per heavy atom. The first-order valence-corrected chi connectivity index (χ1v) is 12.2. The highest BCUT2D eigenvalue weighted by molar-refractivity contribution is 14.1. The fraction of sp³-hybridized carbons (Fsp3) is 0.400. The van der Waals surface area contributed by atoms with Crippen LogP contribution in [0.3, 0.4) is 0 Å². The summed E-state index contributed by atoms with van der Waals surface area (Å²) < 4.78 is 15.6. The van der Waals surface area contributed by atoms with Gasteiger partial charge in [0.1, 0.15) is 7.80 Å². The van der Waals surface area contributed by atoms with Crippen LogP contribution in [0, 0.1) is 7.14 Å². The second kappa shape index (κ2) is 10.3. The highest BCUT2D eigenvalue weighted by atomic mass is 127. The van der Waals surface area contributed by atoms with E-state index in [0.717, 1.165) is 23.5 Å². The highest BCUT2D eigenvalue weighted by Gasteiger charge is 2.11. The van der Waals surface area contributed by atoms with Crippen LogP contribution in [0.4, 0.5) is 0 Å². The van der Waals surface area contributed by atoms with Crippen molar-refractivity contribution in [1.82, 2.24) is 0 Å². The summed E-state index contributed by atoms with van der Waals surface area (Å²) in [6.07, 6.45) is 6.89. The van der Waals surface area contributed by atoms with Crippen molar-refractivity contribution in [1.29, 1.82) is 0 Å². The zero-order valence-electron chi connectivity index (χ0n) is 14.4. The quantitative estimate of drug-likeness (QED) is 0.279. The molecular formula is C20H25I2OP. The Morgan fingerprint density at radius 2 is 1.17 bits per heavy atom. The van der Waals surface area contributed by atoms with Crippen LogP contribution < -0.4 is 10.6 Å². The van der Waals surface area contributed by atoms with E-state index >= 15 is 0 Å². The SMILES string of the molecule is CCCCc1cc(I)cc([PH](=O)c2cc(I)cc(CCCC)c2)c1. The van der Waals surface area contributed by atoms with E-state index in [-0.39, 0.29) is 0 Å². The van der Waals surface area contributed by atoms with Gasteiger partial charge in [0, 0.05) is 17.7 Å². The fourth-order valence-corrected chi connectivity index (χ4v) is 6.38. The summed E-state index contributed by atoms with van der Waals surface area (Å²) in [4.78, 5) is 0. The molecule has 2 aromatic carbocycles. The number of unbranched alkanes of at least 4 members (excludes halogenated alkanes) is 2. The van der Waals surface area contributed by atoms with Crippen molar-refractivity contribution in [3.8, 4) is 0 Å². The first kappa shape index (κ1) is 20.4. The second-order valence-electron chi connectivity index (χ2n) is 6.23. The average molecular weight is 566 g/mol. The molecule has 0 amide bonds. The fourth-order valence-electron chi connectivity index (χ4n) is 2.78. The third-order valence-electron chi connectivity index (χ3n) is 4.08. The minimum absolute atomic E-state index is 1.00. The van der Waals surface area contributed by atoms with E-state index in [1.54, 1.807) is 0 Å². The molecule has 0 atom stereocenters. The summed E-state index contributed by atoms with van der Waals surface area (Å²) in [5.41, 5.74) is 2.63. The van der Waals surface area contributed by atoms with E-state index in [9.17, 15) is 4.57 Å². The Labute approximate surface area is 174 Å². The zero-order valence-corrected chi connectivity index (χ0v) is 19.7. The summed E-state index contributed by atoms with van der Waals surface area (Å²) in [6, 6.07) is 12.9. The molecule has 0 saturated carbocycles. The molecule has 0 saturated heterocycles. The maximum Gasteiger partial charge on any atom is 0.131 e. The normalized spacial score (nSPS) is 11.2. The van der Waals surface area contributed by atoms with Gasteiger partial charge in [0.2, 0.25) is 0 Å². The van der Waals surface area contributed by atoms with Crippen molar-refractivity contribution in [2.75, 3.05) is 0 Å². The van der Waals surface area contributed by atoms with Crippen molar-refractivity contribution >= 4 is 63.6 Å². The van der Waals surface area contributed by atoms with Gasteiger partial charge in [0.05, 0.1) is 0 Å². The third kappa shape index (κ3) is 6.14. The van der Waals surface area contributed by atoms with Crippen LogP contribution in [-0.2, 0) is 17.4 Å². The van der Waals surface area contributed by atoms with Crippen molar-refractivity contribution in [3.63, 3.8) is 0 Å². The Balaban J connectivity index is 2.30. The van der Waals surface area contributed by atoms with Gasteiger partial charge in [-0.25, -0.2) is 0 Å². The van der Waals surface area contributed by atoms with Gasteiger partial charge in [0.15, 0.2) is 0 Å². The second-order valence-corrected chi connectivity index (χ2v) is 10.5. The lowest BCUT2D eigenvalue weighted by Gasteiger charge is -2.10. The summed E-state index contributed by atoms with van der Waals surface area (Å²) in [5.74, 6) is 0. The number of aryl methyl sites for hydroxylation is 2. The van der Waals surface area contributed by atoms with Gasteiger partial charge in [-0.15, -0.1) is 0 Å². The van der Waals surface area contributed by atoms with Crippen LogP contribution >= 0.6 is 53.0 Å².